The molecule has 0 fully saturated rings. The summed E-state index contributed by atoms with van der Waals surface area (Å²) in [6, 6.07) is 3.95. The van der Waals surface area contributed by atoms with Gasteiger partial charge in [0, 0.05) is 5.75 Å². The van der Waals surface area contributed by atoms with Gasteiger partial charge in [-0.25, -0.2) is 4.98 Å². The number of pyridine rings is 1. The van der Waals surface area contributed by atoms with E-state index in [1.807, 2.05) is 12.1 Å². The van der Waals surface area contributed by atoms with E-state index in [0.29, 0.717) is 0 Å². The summed E-state index contributed by atoms with van der Waals surface area (Å²) >= 11 is 1.01. The van der Waals surface area contributed by atoms with Gasteiger partial charge < -0.3 is 16.6 Å². The third-order valence-corrected chi connectivity index (χ3v) is 3.09. The largest absolute Gasteiger partial charge is 0.480 e. The molecule has 0 amide bonds. The zero-order chi connectivity index (χ0) is 13.7. The van der Waals surface area contributed by atoms with Gasteiger partial charge in [0.15, 0.2) is 0 Å². The van der Waals surface area contributed by atoms with Crippen LogP contribution in [0.15, 0.2) is 11.1 Å². The Balaban J connectivity index is 2.97. The van der Waals surface area contributed by atoms with Crippen LogP contribution >= 0.6 is 11.8 Å². The Labute approximate surface area is 107 Å². The number of carboxylic acid groups (broad SMARTS) is 1. The zero-order valence-electron chi connectivity index (χ0n) is 9.12. The number of hydrogen-bond donors (Lipinski definition) is 3. The molecule has 0 aliphatic carbocycles. The number of nitrogens with zero attached hydrogens (tertiary/aromatic N) is 3. The number of nitrogens with two attached hydrogens (primary N) is 2. The highest BCUT2D eigenvalue weighted by Crippen LogP contribution is 2.24. The van der Waals surface area contributed by atoms with E-state index in [1.54, 1.807) is 0 Å². The third kappa shape index (κ3) is 3.10. The van der Waals surface area contributed by atoms with E-state index in [-0.39, 0.29) is 27.7 Å². The first-order valence-corrected chi connectivity index (χ1v) is 5.70. The summed E-state index contributed by atoms with van der Waals surface area (Å²) in [4.78, 5) is 14.4. The van der Waals surface area contributed by atoms with E-state index in [9.17, 15) is 4.79 Å². The normalized spacial score (nSPS) is 11.3. The molecular weight excluding hydrogens is 254 g/mol. The minimum Gasteiger partial charge on any atom is -0.480 e. The van der Waals surface area contributed by atoms with Crippen LogP contribution in [0.2, 0.25) is 0 Å². The average Bonchev–Trinajstić information content (AvgIpc) is 2.35. The number of carbonyl (C=O) groups is 1. The molecule has 1 heterocycles. The number of aliphatic carboxylic acids is 1. The highest BCUT2D eigenvalue weighted by molar-refractivity contribution is 7.99. The molecule has 8 heteroatoms. The van der Waals surface area contributed by atoms with Gasteiger partial charge in [0.05, 0.1) is 11.1 Å². The maximum absolute atomic E-state index is 10.6. The minimum absolute atomic E-state index is 0.00268. The van der Waals surface area contributed by atoms with Crippen LogP contribution < -0.4 is 11.5 Å². The lowest BCUT2D eigenvalue weighted by Crippen LogP contribution is -2.32. The number of carboxylic acids is 1. The van der Waals surface area contributed by atoms with E-state index in [0.717, 1.165) is 11.8 Å². The number of aromatic nitrogens is 1. The molecular formula is C10H9N5O2S. The molecule has 1 rings (SSSR count). The van der Waals surface area contributed by atoms with Crippen molar-refractivity contribution in [3.05, 3.63) is 17.2 Å². The summed E-state index contributed by atoms with van der Waals surface area (Å²) in [5, 5.41) is 26.5. The first-order chi connectivity index (χ1) is 8.49. The van der Waals surface area contributed by atoms with Crippen molar-refractivity contribution in [1.82, 2.24) is 4.98 Å². The predicted octanol–water partition coefficient (Wildman–Crippen LogP) is -0.0888. The van der Waals surface area contributed by atoms with Crippen LogP contribution in [-0.4, -0.2) is 27.9 Å². The molecule has 0 radical (unpaired) electrons. The molecule has 1 unspecified atom stereocenters. The first kappa shape index (κ1) is 13.8. The lowest BCUT2D eigenvalue weighted by molar-refractivity contribution is -0.137. The predicted molar refractivity (Wildman–Crippen MR) is 64.4 cm³/mol. The van der Waals surface area contributed by atoms with Crippen molar-refractivity contribution < 1.29 is 9.90 Å². The molecule has 1 atom stereocenters. The summed E-state index contributed by atoms with van der Waals surface area (Å²) in [7, 11) is 0. The number of anilines is 1. The van der Waals surface area contributed by atoms with Gasteiger partial charge in [-0.15, -0.1) is 11.8 Å². The lowest BCUT2D eigenvalue weighted by atomic mass is 10.2. The fourth-order valence-corrected chi connectivity index (χ4v) is 1.93. The molecule has 0 spiro atoms. The fraction of sp³-hybridized carbons (Fsp3) is 0.200. The lowest BCUT2D eigenvalue weighted by Gasteiger charge is -2.07. The Morgan fingerprint density at radius 3 is 2.61 bits per heavy atom. The van der Waals surface area contributed by atoms with E-state index in [1.165, 1.54) is 6.07 Å². The Bertz CT molecular complexity index is 561. The molecule has 0 aliphatic rings. The van der Waals surface area contributed by atoms with Crippen molar-refractivity contribution in [2.45, 2.75) is 11.1 Å². The third-order valence-electron chi connectivity index (χ3n) is 1.97. The standard InChI is InChI=1S/C10H9N5O2S/c11-2-5-1-6(3-12)9(15-8(5)14)18-4-7(13)10(16)17/h1,7H,4,13H2,(H2,14,15)(H,16,17). The van der Waals surface area contributed by atoms with E-state index in [2.05, 4.69) is 4.98 Å². The van der Waals surface area contributed by atoms with Crippen molar-refractivity contribution in [3.63, 3.8) is 0 Å². The molecule has 5 N–H and O–H groups in total. The number of nitriles is 2. The molecule has 1 aromatic heterocycles. The van der Waals surface area contributed by atoms with Gasteiger partial charge >= 0.3 is 5.97 Å². The number of thioether (sulfide) groups is 1. The monoisotopic (exact) mass is 263 g/mol. The van der Waals surface area contributed by atoms with Gasteiger partial charge in [0.25, 0.3) is 0 Å². The summed E-state index contributed by atoms with van der Waals surface area (Å²) in [5.74, 6) is -1.08. The molecule has 0 aliphatic heterocycles. The molecule has 92 valence electrons. The SMILES string of the molecule is N#Cc1cc(C#N)c(SCC(N)C(=O)O)nc1N. The molecule has 0 aromatic carbocycles. The summed E-state index contributed by atoms with van der Waals surface area (Å²) in [5.41, 5.74) is 11.1. The highest BCUT2D eigenvalue weighted by Gasteiger charge is 2.15. The van der Waals surface area contributed by atoms with Gasteiger partial charge in [-0.05, 0) is 6.07 Å². The molecule has 18 heavy (non-hydrogen) atoms. The van der Waals surface area contributed by atoms with Crippen molar-refractivity contribution >= 4 is 23.5 Å². The quantitative estimate of drug-likeness (QED) is 0.638. The summed E-state index contributed by atoms with van der Waals surface area (Å²) in [6.07, 6.45) is 0. The number of hydrogen-bond acceptors (Lipinski definition) is 7. The van der Waals surface area contributed by atoms with Gasteiger partial charge in [0.1, 0.15) is 29.0 Å². The van der Waals surface area contributed by atoms with Gasteiger partial charge in [-0.3, -0.25) is 4.79 Å². The second kappa shape index (κ2) is 5.87. The fourth-order valence-electron chi connectivity index (χ4n) is 1.03. The first-order valence-electron chi connectivity index (χ1n) is 4.71. The maximum Gasteiger partial charge on any atom is 0.321 e. The molecule has 0 saturated heterocycles. The van der Waals surface area contributed by atoms with Crippen LogP contribution in [0.3, 0.4) is 0 Å². The summed E-state index contributed by atoms with van der Waals surface area (Å²) < 4.78 is 0. The van der Waals surface area contributed by atoms with Gasteiger partial charge in [-0.1, -0.05) is 0 Å². The second-order valence-electron chi connectivity index (χ2n) is 3.25. The Morgan fingerprint density at radius 1 is 1.50 bits per heavy atom. The van der Waals surface area contributed by atoms with E-state index < -0.39 is 12.0 Å². The van der Waals surface area contributed by atoms with E-state index >= 15 is 0 Å². The second-order valence-corrected chi connectivity index (χ2v) is 4.26. The van der Waals surface area contributed by atoms with Crippen molar-refractivity contribution in [3.8, 4) is 12.1 Å². The summed E-state index contributed by atoms with van der Waals surface area (Å²) in [6.45, 7) is 0. The number of nitrogen functional groups attached to an aromatic ring is 1. The number of rotatable bonds is 4. The minimum atomic E-state index is -1.14. The Kier molecular flexibility index (Phi) is 4.49. The molecule has 7 nitrogen and oxygen atoms in total. The Morgan fingerprint density at radius 2 is 2.11 bits per heavy atom. The Hall–Kier alpha value is -2.29. The van der Waals surface area contributed by atoms with Crippen LogP contribution in [0.25, 0.3) is 0 Å². The topological polar surface area (TPSA) is 150 Å². The van der Waals surface area contributed by atoms with E-state index in [4.69, 9.17) is 27.1 Å². The van der Waals surface area contributed by atoms with Crippen molar-refractivity contribution in [2.24, 2.45) is 5.73 Å². The molecule has 1 aromatic rings. The van der Waals surface area contributed by atoms with Crippen LogP contribution in [-0.2, 0) is 4.79 Å². The average molecular weight is 263 g/mol. The van der Waals surface area contributed by atoms with Crippen molar-refractivity contribution in [2.75, 3.05) is 11.5 Å². The van der Waals surface area contributed by atoms with Crippen LogP contribution in [0, 0.1) is 22.7 Å². The van der Waals surface area contributed by atoms with Crippen LogP contribution in [0.1, 0.15) is 11.1 Å². The molecule has 0 bridgehead atoms. The smallest absolute Gasteiger partial charge is 0.321 e. The molecule has 0 saturated carbocycles. The van der Waals surface area contributed by atoms with Gasteiger partial charge in [-0.2, -0.15) is 10.5 Å². The van der Waals surface area contributed by atoms with Crippen LogP contribution in [0.5, 0.6) is 0 Å². The van der Waals surface area contributed by atoms with Crippen molar-refractivity contribution in [1.29, 1.82) is 10.5 Å². The maximum atomic E-state index is 10.6. The highest BCUT2D eigenvalue weighted by atomic mass is 32.2. The van der Waals surface area contributed by atoms with Crippen LogP contribution in [0.4, 0.5) is 5.82 Å². The zero-order valence-corrected chi connectivity index (χ0v) is 9.94. The van der Waals surface area contributed by atoms with Gasteiger partial charge in [0.2, 0.25) is 0 Å².